The highest BCUT2D eigenvalue weighted by molar-refractivity contribution is 8.01. The Hall–Kier alpha value is -3.35. The Bertz CT molecular complexity index is 1480. The van der Waals surface area contributed by atoms with Crippen molar-refractivity contribution in [3.8, 4) is 11.1 Å². The number of nitrogen functional groups attached to an aromatic ring is 1. The van der Waals surface area contributed by atoms with E-state index in [4.69, 9.17) is 15.9 Å². The largest absolute Gasteiger partial charge is 0.466 e. The van der Waals surface area contributed by atoms with Crippen LogP contribution in [0.3, 0.4) is 0 Å². The maximum absolute atomic E-state index is 13.6. The quantitative estimate of drug-likeness (QED) is 0.0634. The van der Waals surface area contributed by atoms with Crippen LogP contribution in [-0.2, 0) is 19.4 Å². The lowest BCUT2D eigenvalue weighted by Crippen LogP contribution is -2.29. The van der Waals surface area contributed by atoms with Crippen LogP contribution in [0.4, 0.5) is 10.5 Å². The highest BCUT2D eigenvalue weighted by Crippen LogP contribution is 2.38. The van der Waals surface area contributed by atoms with E-state index in [-0.39, 0.29) is 27.6 Å². The van der Waals surface area contributed by atoms with Gasteiger partial charge in [0.05, 0.1) is 31.2 Å². The summed E-state index contributed by atoms with van der Waals surface area (Å²) in [7, 11) is -3.89. The van der Waals surface area contributed by atoms with Crippen molar-refractivity contribution in [3.63, 3.8) is 0 Å². The van der Waals surface area contributed by atoms with Crippen molar-refractivity contribution in [3.05, 3.63) is 59.0 Å². The number of carbonyl (C=O) groups excluding carboxylic acids is 2. The molecular weight excluding hydrogens is 569 g/mol. The molecule has 2 aromatic carbocycles. The Labute approximate surface area is 243 Å². The fourth-order valence-electron chi connectivity index (χ4n) is 4.09. The monoisotopic (exact) mass is 602 g/mol. The average molecular weight is 603 g/mol. The van der Waals surface area contributed by atoms with E-state index in [9.17, 15) is 18.0 Å². The average Bonchev–Trinajstić information content (AvgIpc) is 3.37. The molecule has 3 rings (SSSR count). The van der Waals surface area contributed by atoms with Crippen LogP contribution in [0.15, 0.2) is 62.5 Å². The molecule has 3 aromatic rings. The van der Waals surface area contributed by atoms with Crippen molar-refractivity contribution >= 4 is 56.5 Å². The first-order valence-electron chi connectivity index (χ1n) is 12.8. The topological polar surface area (TPSA) is 151 Å². The smallest absolute Gasteiger partial charge is 0.319 e. The maximum Gasteiger partial charge on any atom is 0.319 e. The number of anilines is 1. The Morgan fingerprint density at radius 1 is 1.10 bits per heavy atom. The number of amidine groups is 1. The van der Waals surface area contributed by atoms with Crippen LogP contribution < -0.4 is 16.4 Å². The number of hydrogen-bond donors (Lipinski definition) is 4. The third-order valence-electron chi connectivity index (χ3n) is 6.01. The first-order chi connectivity index (χ1) is 19.1. The first-order valence-corrected chi connectivity index (χ1v) is 16.3. The van der Waals surface area contributed by atoms with Gasteiger partial charge in [-0.15, -0.1) is 23.1 Å². The van der Waals surface area contributed by atoms with Crippen molar-refractivity contribution in [2.75, 3.05) is 24.7 Å². The van der Waals surface area contributed by atoms with Crippen molar-refractivity contribution in [1.29, 1.82) is 5.41 Å². The number of nitrogens with two attached hydrogens (primary N) is 1. The zero-order valence-corrected chi connectivity index (χ0v) is 25.2. The minimum atomic E-state index is -3.89. The molecule has 0 spiro atoms. The van der Waals surface area contributed by atoms with Gasteiger partial charge < -0.3 is 21.1 Å². The molecule has 2 amide bonds. The van der Waals surface area contributed by atoms with Crippen LogP contribution in [0, 0.1) is 12.3 Å². The molecule has 0 saturated heterocycles. The highest BCUT2D eigenvalue weighted by Gasteiger charge is 2.25. The number of nitrogens with one attached hydrogen (secondary N) is 3. The number of rotatable bonds is 13. The number of carbonyl (C=O) groups is 2. The van der Waals surface area contributed by atoms with Gasteiger partial charge in [0.2, 0.25) is 9.84 Å². The van der Waals surface area contributed by atoms with Crippen LogP contribution >= 0.6 is 23.1 Å². The van der Waals surface area contributed by atoms with Crippen LogP contribution in [0.25, 0.3) is 11.1 Å². The molecular formula is C28H34N4O5S3. The van der Waals surface area contributed by atoms with Crippen LogP contribution in [-0.4, -0.2) is 45.7 Å². The molecule has 0 aliphatic rings. The molecule has 0 saturated carbocycles. The molecule has 0 radical (unpaired) electrons. The van der Waals surface area contributed by atoms with Gasteiger partial charge in [0.15, 0.2) is 0 Å². The summed E-state index contributed by atoms with van der Waals surface area (Å²) in [5, 5.41) is 13.4. The lowest BCUT2D eigenvalue weighted by atomic mass is 9.98. The number of hydrogen-bond acceptors (Lipinski definition) is 8. The number of urea groups is 1. The SMILES string of the molecule is CCOC(=O)CCCCCNC(=O)Nc1cccc(C)c1-c1cccc(S(=O)(=O)c2cc(C(=N)N)sc2SC)c1. The zero-order valence-electron chi connectivity index (χ0n) is 22.7. The number of unbranched alkanes of at least 4 members (excludes halogenated alkanes) is 2. The second-order valence-electron chi connectivity index (χ2n) is 8.91. The van der Waals surface area contributed by atoms with E-state index in [1.54, 1.807) is 37.4 Å². The van der Waals surface area contributed by atoms with Crippen LogP contribution in [0.1, 0.15) is 43.0 Å². The molecule has 5 N–H and O–H groups in total. The minimum absolute atomic E-state index is 0.106. The molecule has 0 atom stereocenters. The summed E-state index contributed by atoms with van der Waals surface area (Å²) in [6.07, 6.45) is 4.35. The molecule has 9 nitrogen and oxygen atoms in total. The Morgan fingerprint density at radius 3 is 2.55 bits per heavy atom. The molecule has 12 heteroatoms. The second kappa shape index (κ2) is 14.3. The molecule has 1 heterocycles. The predicted octanol–water partition coefficient (Wildman–Crippen LogP) is 5.81. The maximum atomic E-state index is 13.6. The first kappa shape index (κ1) is 31.2. The number of thiophene rings is 1. The van der Waals surface area contributed by atoms with E-state index >= 15 is 0 Å². The molecule has 214 valence electrons. The molecule has 0 fully saturated rings. The van der Waals surface area contributed by atoms with Crippen molar-refractivity contribution < 1.29 is 22.7 Å². The Kier molecular flexibility index (Phi) is 11.2. The van der Waals surface area contributed by atoms with Gasteiger partial charge in [0.1, 0.15) is 5.84 Å². The van der Waals surface area contributed by atoms with Crippen molar-refractivity contribution in [1.82, 2.24) is 5.32 Å². The van der Waals surface area contributed by atoms with Gasteiger partial charge in [-0.25, -0.2) is 13.2 Å². The summed E-state index contributed by atoms with van der Waals surface area (Å²) < 4.78 is 32.7. The number of sulfone groups is 1. The third kappa shape index (κ3) is 7.86. The number of aryl methyl sites for hydroxylation is 1. The standard InChI is InChI=1S/C28H34N4O5S3/c1-4-37-24(33)14-6-5-7-15-31-28(34)32-21-13-8-10-18(2)25(21)19-11-9-12-20(16-19)40(35,36)23-17-22(26(29)30)39-27(23)38-3/h8-13,16-17H,4-7,14-15H2,1-3H3,(H3,29,30)(H2,31,32,34). The second-order valence-corrected chi connectivity index (χ2v) is 13.0. The summed E-state index contributed by atoms with van der Waals surface area (Å²) in [4.78, 5) is 24.7. The Balaban J connectivity index is 1.77. The predicted molar refractivity (Wildman–Crippen MR) is 161 cm³/mol. The van der Waals surface area contributed by atoms with Gasteiger partial charge in [-0.2, -0.15) is 0 Å². The number of ether oxygens (including phenoxy) is 1. The van der Waals surface area contributed by atoms with E-state index in [0.29, 0.717) is 51.9 Å². The van der Waals surface area contributed by atoms with Gasteiger partial charge in [0, 0.05) is 18.5 Å². The van der Waals surface area contributed by atoms with Crippen molar-refractivity contribution in [2.24, 2.45) is 5.73 Å². The zero-order chi connectivity index (χ0) is 29.3. The van der Waals surface area contributed by atoms with E-state index in [1.807, 2.05) is 19.1 Å². The number of thioether (sulfide) groups is 1. The lowest BCUT2D eigenvalue weighted by molar-refractivity contribution is -0.143. The van der Waals surface area contributed by atoms with Crippen molar-refractivity contribution in [2.45, 2.75) is 53.5 Å². The van der Waals surface area contributed by atoms with E-state index < -0.39 is 9.84 Å². The van der Waals surface area contributed by atoms with Gasteiger partial charge in [-0.1, -0.05) is 30.7 Å². The summed E-state index contributed by atoms with van der Waals surface area (Å²) in [6.45, 7) is 4.49. The number of esters is 1. The van der Waals surface area contributed by atoms with Gasteiger partial charge in [-0.05, 0) is 68.3 Å². The fraction of sp³-hybridized carbons (Fsp3) is 0.321. The number of amides is 2. The molecule has 0 aliphatic heterocycles. The number of benzene rings is 2. The Morgan fingerprint density at radius 2 is 1.85 bits per heavy atom. The van der Waals surface area contributed by atoms with Crippen LogP contribution in [0.5, 0.6) is 0 Å². The summed E-state index contributed by atoms with van der Waals surface area (Å²) in [6, 6.07) is 13.2. The van der Waals surface area contributed by atoms with Gasteiger partial charge >= 0.3 is 12.0 Å². The van der Waals surface area contributed by atoms with Crippen LogP contribution in [0.2, 0.25) is 0 Å². The molecule has 0 aliphatic carbocycles. The fourth-order valence-corrected chi connectivity index (χ4v) is 8.00. The summed E-state index contributed by atoms with van der Waals surface area (Å²) >= 11 is 2.47. The molecule has 0 unspecified atom stereocenters. The van der Waals surface area contributed by atoms with Gasteiger partial charge in [-0.3, -0.25) is 10.2 Å². The normalized spacial score (nSPS) is 11.2. The molecule has 1 aromatic heterocycles. The van der Waals surface area contributed by atoms with Gasteiger partial charge in [0.25, 0.3) is 0 Å². The minimum Gasteiger partial charge on any atom is -0.466 e. The summed E-state index contributed by atoms with van der Waals surface area (Å²) in [5.74, 6) is -0.390. The van der Waals surface area contributed by atoms with E-state index in [1.165, 1.54) is 35.2 Å². The highest BCUT2D eigenvalue weighted by atomic mass is 32.2. The molecule has 0 bridgehead atoms. The van der Waals surface area contributed by atoms with E-state index in [0.717, 1.165) is 18.4 Å². The summed E-state index contributed by atoms with van der Waals surface area (Å²) in [5.41, 5.74) is 8.38. The molecule has 40 heavy (non-hydrogen) atoms. The van der Waals surface area contributed by atoms with E-state index in [2.05, 4.69) is 10.6 Å². The third-order valence-corrected chi connectivity index (χ3v) is 10.3. The lowest BCUT2D eigenvalue weighted by Gasteiger charge is -2.16.